The number of anilines is 1. The van der Waals surface area contributed by atoms with E-state index in [0.717, 1.165) is 10.1 Å². The highest BCUT2D eigenvalue weighted by molar-refractivity contribution is 5.89. The fourth-order valence-electron chi connectivity index (χ4n) is 3.36. The Morgan fingerprint density at radius 1 is 0.966 bits per heavy atom. The zero-order valence-electron chi connectivity index (χ0n) is 16.0. The van der Waals surface area contributed by atoms with Crippen molar-refractivity contribution in [1.82, 2.24) is 18.7 Å². The lowest BCUT2D eigenvalue weighted by Gasteiger charge is -2.17. The number of aromatic nitrogens is 4. The van der Waals surface area contributed by atoms with Crippen molar-refractivity contribution in [1.29, 1.82) is 0 Å². The molecule has 8 heteroatoms. The van der Waals surface area contributed by atoms with Crippen LogP contribution in [0, 0.1) is 0 Å². The third-order valence-corrected chi connectivity index (χ3v) is 4.82. The van der Waals surface area contributed by atoms with Gasteiger partial charge in [0.1, 0.15) is 11.0 Å². The van der Waals surface area contributed by atoms with Crippen LogP contribution in [0.25, 0.3) is 16.7 Å². The summed E-state index contributed by atoms with van der Waals surface area (Å²) >= 11 is 0. The summed E-state index contributed by atoms with van der Waals surface area (Å²) in [6, 6.07) is 14.0. The Kier molecular flexibility index (Phi) is 4.59. The molecule has 8 nitrogen and oxygen atoms in total. The molecule has 0 fully saturated rings. The Balaban J connectivity index is 2.03. The Bertz CT molecular complexity index is 1370. The maximum atomic E-state index is 13.0. The van der Waals surface area contributed by atoms with Crippen molar-refractivity contribution in [2.24, 2.45) is 14.1 Å². The Labute approximate surface area is 165 Å². The van der Waals surface area contributed by atoms with Crippen LogP contribution in [0.2, 0.25) is 0 Å². The van der Waals surface area contributed by atoms with E-state index >= 15 is 0 Å². The number of nitrogens with one attached hydrogen (secondary N) is 1. The van der Waals surface area contributed by atoms with Crippen molar-refractivity contribution in [2.45, 2.75) is 6.54 Å². The lowest BCUT2D eigenvalue weighted by molar-refractivity contribution is 0.699. The number of fused-ring (bicyclic) bond motifs is 1. The van der Waals surface area contributed by atoms with Gasteiger partial charge in [0, 0.05) is 39.1 Å². The molecule has 0 aliphatic heterocycles. The average molecular weight is 389 g/mol. The van der Waals surface area contributed by atoms with Crippen LogP contribution in [-0.4, -0.2) is 18.7 Å². The molecule has 4 rings (SSSR count). The van der Waals surface area contributed by atoms with Crippen LogP contribution in [0.4, 0.5) is 5.69 Å². The van der Waals surface area contributed by atoms with Gasteiger partial charge in [0.2, 0.25) is 0 Å². The van der Waals surface area contributed by atoms with E-state index in [-0.39, 0.29) is 16.6 Å². The zero-order valence-corrected chi connectivity index (χ0v) is 16.0. The third kappa shape index (κ3) is 3.14. The molecule has 3 heterocycles. The average Bonchev–Trinajstić information content (AvgIpc) is 2.75. The van der Waals surface area contributed by atoms with Crippen LogP contribution in [0.5, 0.6) is 0 Å². The number of benzene rings is 1. The first-order chi connectivity index (χ1) is 14.0. The van der Waals surface area contributed by atoms with Gasteiger partial charge in [-0.25, -0.2) is 4.79 Å². The standard InChI is InChI=1S/C21H19N5O3/c1-24-19-18(20(28)25(2)21(24)29)16(23-13-14-7-6-10-22-12-14)11-17(27)26(19)15-8-4-3-5-9-15/h3-12,23H,13H2,1-2H3. The minimum Gasteiger partial charge on any atom is -0.380 e. The lowest BCUT2D eigenvalue weighted by atomic mass is 10.2. The number of rotatable bonds is 4. The summed E-state index contributed by atoms with van der Waals surface area (Å²) in [5.74, 6) is 0. The summed E-state index contributed by atoms with van der Waals surface area (Å²) in [7, 11) is 2.97. The summed E-state index contributed by atoms with van der Waals surface area (Å²) in [6.07, 6.45) is 3.37. The smallest absolute Gasteiger partial charge is 0.332 e. The summed E-state index contributed by atoms with van der Waals surface area (Å²) in [6.45, 7) is 0.379. The van der Waals surface area contributed by atoms with Crippen LogP contribution in [0.3, 0.4) is 0 Å². The predicted octanol–water partition coefficient (Wildman–Crippen LogP) is 1.40. The number of aryl methyl sites for hydroxylation is 1. The summed E-state index contributed by atoms with van der Waals surface area (Å²) in [5, 5.41) is 3.42. The molecule has 0 saturated heterocycles. The number of para-hydroxylation sites is 1. The molecule has 3 aromatic heterocycles. The van der Waals surface area contributed by atoms with E-state index in [4.69, 9.17) is 0 Å². The van der Waals surface area contributed by atoms with E-state index in [2.05, 4.69) is 10.3 Å². The normalized spacial score (nSPS) is 11.0. The minimum absolute atomic E-state index is 0.241. The van der Waals surface area contributed by atoms with Gasteiger partial charge in [-0.05, 0) is 23.8 Å². The van der Waals surface area contributed by atoms with Gasteiger partial charge >= 0.3 is 5.69 Å². The van der Waals surface area contributed by atoms with Crippen LogP contribution >= 0.6 is 0 Å². The molecule has 0 spiro atoms. The van der Waals surface area contributed by atoms with E-state index in [1.165, 1.54) is 22.2 Å². The molecule has 1 aromatic carbocycles. The molecule has 146 valence electrons. The molecule has 0 atom stereocenters. The van der Waals surface area contributed by atoms with Crippen LogP contribution < -0.4 is 22.1 Å². The van der Waals surface area contributed by atoms with Crippen LogP contribution in [0.15, 0.2) is 75.3 Å². The molecule has 0 aliphatic rings. The van der Waals surface area contributed by atoms with Crippen LogP contribution in [-0.2, 0) is 20.6 Å². The summed E-state index contributed by atoms with van der Waals surface area (Å²) < 4.78 is 3.74. The van der Waals surface area contributed by atoms with Crippen molar-refractivity contribution >= 4 is 16.7 Å². The second-order valence-corrected chi connectivity index (χ2v) is 6.69. The monoisotopic (exact) mass is 389 g/mol. The van der Waals surface area contributed by atoms with Crippen molar-refractivity contribution in [3.8, 4) is 5.69 Å². The van der Waals surface area contributed by atoms with E-state index in [1.54, 1.807) is 43.7 Å². The molecule has 0 bridgehead atoms. The first-order valence-corrected chi connectivity index (χ1v) is 9.03. The maximum Gasteiger partial charge on any atom is 0.332 e. The molecule has 0 amide bonds. The minimum atomic E-state index is -0.504. The molecular weight excluding hydrogens is 370 g/mol. The van der Waals surface area contributed by atoms with E-state index in [1.807, 2.05) is 18.2 Å². The highest BCUT2D eigenvalue weighted by atomic mass is 16.2. The van der Waals surface area contributed by atoms with E-state index < -0.39 is 11.2 Å². The molecule has 0 unspecified atom stereocenters. The molecule has 29 heavy (non-hydrogen) atoms. The third-order valence-electron chi connectivity index (χ3n) is 4.82. The quantitative estimate of drug-likeness (QED) is 0.570. The van der Waals surface area contributed by atoms with E-state index in [9.17, 15) is 14.4 Å². The topological polar surface area (TPSA) is 90.9 Å². The Hall–Kier alpha value is -3.94. The van der Waals surface area contributed by atoms with Gasteiger partial charge in [-0.1, -0.05) is 24.3 Å². The van der Waals surface area contributed by atoms with Gasteiger partial charge in [0.25, 0.3) is 11.1 Å². The SMILES string of the molecule is Cn1c(=O)c2c(NCc3cccnc3)cc(=O)n(-c3ccccc3)c2n(C)c1=O. The highest BCUT2D eigenvalue weighted by Crippen LogP contribution is 2.20. The van der Waals surface area contributed by atoms with Crippen molar-refractivity contribution in [3.05, 3.63) is 97.7 Å². The summed E-state index contributed by atoms with van der Waals surface area (Å²) in [4.78, 5) is 42.7. The van der Waals surface area contributed by atoms with Gasteiger partial charge in [-0.15, -0.1) is 0 Å². The largest absolute Gasteiger partial charge is 0.380 e. The Morgan fingerprint density at radius 2 is 1.72 bits per heavy atom. The van der Waals surface area contributed by atoms with Gasteiger partial charge < -0.3 is 5.32 Å². The van der Waals surface area contributed by atoms with Crippen molar-refractivity contribution in [2.75, 3.05) is 5.32 Å². The molecule has 0 radical (unpaired) electrons. The van der Waals surface area contributed by atoms with Gasteiger partial charge in [0.15, 0.2) is 0 Å². The molecule has 1 N–H and O–H groups in total. The number of nitrogens with zero attached hydrogens (tertiary/aromatic N) is 4. The second-order valence-electron chi connectivity index (χ2n) is 6.69. The zero-order chi connectivity index (χ0) is 20.5. The van der Waals surface area contributed by atoms with Crippen LogP contribution in [0.1, 0.15) is 5.56 Å². The van der Waals surface area contributed by atoms with E-state index in [0.29, 0.717) is 17.9 Å². The Morgan fingerprint density at radius 3 is 2.41 bits per heavy atom. The first kappa shape index (κ1) is 18.4. The lowest BCUT2D eigenvalue weighted by Crippen LogP contribution is -2.39. The first-order valence-electron chi connectivity index (χ1n) is 9.03. The molecule has 4 aromatic rings. The van der Waals surface area contributed by atoms with Gasteiger partial charge in [-0.2, -0.15) is 0 Å². The second kappa shape index (κ2) is 7.23. The molecule has 0 saturated carbocycles. The fraction of sp³-hybridized carbons (Fsp3) is 0.143. The summed E-state index contributed by atoms with van der Waals surface area (Å²) in [5.41, 5.74) is 0.764. The number of pyridine rings is 2. The van der Waals surface area contributed by atoms with Crippen molar-refractivity contribution in [3.63, 3.8) is 0 Å². The molecular formula is C21H19N5O3. The van der Waals surface area contributed by atoms with Gasteiger partial charge in [0.05, 0.1) is 11.4 Å². The number of hydrogen-bond acceptors (Lipinski definition) is 5. The fourth-order valence-corrected chi connectivity index (χ4v) is 3.36. The number of hydrogen-bond donors (Lipinski definition) is 1. The maximum absolute atomic E-state index is 13.0. The molecule has 0 aliphatic carbocycles. The van der Waals surface area contributed by atoms with Crippen molar-refractivity contribution < 1.29 is 0 Å². The highest BCUT2D eigenvalue weighted by Gasteiger charge is 2.18. The predicted molar refractivity (Wildman–Crippen MR) is 112 cm³/mol. The van der Waals surface area contributed by atoms with Gasteiger partial charge in [-0.3, -0.25) is 28.3 Å².